The summed E-state index contributed by atoms with van der Waals surface area (Å²) in [4.78, 5) is 20.7. The zero-order valence-electron chi connectivity index (χ0n) is 6.99. The highest BCUT2D eigenvalue weighted by Gasteiger charge is 1.99. The van der Waals surface area contributed by atoms with E-state index in [-0.39, 0.29) is 12.4 Å². The molecule has 0 heterocycles. The van der Waals surface area contributed by atoms with Gasteiger partial charge in [0.15, 0.2) is 0 Å². The summed E-state index contributed by atoms with van der Waals surface area (Å²) in [5.74, 6) is 0. The van der Waals surface area contributed by atoms with Crippen molar-refractivity contribution in [3.63, 3.8) is 0 Å². The molecule has 0 aliphatic rings. The highest BCUT2D eigenvalue weighted by atomic mass is 35.5. The second-order valence-corrected chi connectivity index (χ2v) is 2.66. The number of carbonyl (C=O) groups is 2. The average Bonchev–Trinajstić information content (AvgIpc) is 2.04. The molecule has 14 heavy (non-hydrogen) atoms. The van der Waals surface area contributed by atoms with Gasteiger partial charge in [-0.05, 0) is 18.2 Å². The number of hydrogen-bond acceptors (Lipinski definition) is 2. The molecule has 0 aliphatic heterocycles. The molecule has 6 heteroatoms. The van der Waals surface area contributed by atoms with E-state index < -0.39 is 6.03 Å². The topological polar surface area (TPSA) is 58.2 Å². The Bertz CT molecular complexity index is 331. The van der Waals surface area contributed by atoms with Gasteiger partial charge in [0.1, 0.15) is 0 Å². The zero-order chi connectivity index (χ0) is 9.68. The molecule has 76 valence electrons. The van der Waals surface area contributed by atoms with Crippen molar-refractivity contribution in [1.29, 1.82) is 0 Å². The normalized spacial score (nSPS) is 8.36. The minimum atomic E-state index is -0.586. The maximum absolute atomic E-state index is 10.8. The molecular weight excluding hydrogens is 227 g/mol. The summed E-state index contributed by atoms with van der Waals surface area (Å²) in [7, 11) is 0. The van der Waals surface area contributed by atoms with Crippen LogP contribution < -0.4 is 10.6 Å². The second-order valence-electron chi connectivity index (χ2n) is 2.23. The van der Waals surface area contributed by atoms with E-state index in [4.69, 9.17) is 11.6 Å². The number of nitrogens with one attached hydrogen (secondary N) is 2. The summed E-state index contributed by atoms with van der Waals surface area (Å²) in [6.07, 6.45) is 0.305. The van der Waals surface area contributed by atoms with E-state index >= 15 is 0 Å². The summed E-state index contributed by atoms with van der Waals surface area (Å²) in [6, 6.07) is 6.03. The third-order valence-electron chi connectivity index (χ3n) is 1.27. The number of halogens is 2. The van der Waals surface area contributed by atoms with Gasteiger partial charge in [-0.25, -0.2) is 4.79 Å². The van der Waals surface area contributed by atoms with Crippen LogP contribution in [0.15, 0.2) is 24.3 Å². The number of amides is 3. The summed E-state index contributed by atoms with van der Waals surface area (Å²) in [5, 5.41) is 4.88. The first-order valence-electron chi connectivity index (χ1n) is 3.49. The Hall–Kier alpha value is -1.26. The molecule has 0 saturated carbocycles. The van der Waals surface area contributed by atoms with Gasteiger partial charge in [0.2, 0.25) is 6.41 Å². The van der Waals surface area contributed by atoms with Gasteiger partial charge in [0.25, 0.3) is 0 Å². The molecule has 0 aliphatic carbocycles. The van der Waals surface area contributed by atoms with Crippen LogP contribution >= 0.6 is 24.0 Å². The van der Waals surface area contributed by atoms with E-state index in [1.807, 2.05) is 5.32 Å². The first kappa shape index (κ1) is 12.7. The van der Waals surface area contributed by atoms with E-state index in [9.17, 15) is 9.59 Å². The van der Waals surface area contributed by atoms with Crippen molar-refractivity contribution in [3.05, 3.63) is 29.3 Å². The average molecular weight is 235 g/mol. The van der Waals surface area contributed by atoms with Gasteiger partial charge >= 0.3 is 6.03 Å². The molecule has 1 aromatic carbocycles. The third-order valence-corrected chi connectivity index (χ3v) is 1.51. The largest absolute Gasteiger partial charge is 0.325 e. The van der Waals surface area contributed by atoms with Crippen LogP contribution in [0, 0.1) is 0 Å². The zero-order valence-corrected chi connectivity index (χ0v) is 8.56. The van der Waals surface area contributed by atoms with Crippen molar-refractivity contribution in [2.45, 2.75) is 0 Å². The van der Waals surface area contributed by atoms with Crippen molar-refractivity contribution in [2.24, 2.45) is 0 Å². The monoisotopic (exact) mass is 234 g/mol. The predicted octanol–water partition coefficient (Wildman–Crippen LogP) is 2.04. The predicted molar refractivity (Wildman–Crippen MR) is 56.9 cm³/mol. The van der Waals surface area contributed by atoms with Crippen LogP contribution in [-0.4, -0.2) is 12.4 Å². The van der Waals surface area contributed by atoms with Crippen molar-refractivity contribution in [3.8, 4) is 0 Å². The molecule has 0 aromatic heterocycles. The van der Waals surface area contributed by atoms with E-state index in [0.29, 0.717) is 17.1 Å². The van der Waals surface area contributed by atoms with Crippen LogP contribution in [0.3, 0.4) is 0 Å². The molecule has 4 nitrogen and oxygen atoms in total. The molecule has 0 fully saturated rings. The Morgan fingerprint density at radius 2 is 2.14 bits per heavy atom. The number of imide groups is 1. The van der Waals surface area contributed by atoms with Crippen LogP contribution in [0.25, 0.3) is 0 Å². The number of hydrogen-bond donors (Lipinski definition) is 2. The van der Waals surface area contributed by atoms with Gasteiger partial charge in [0.05, 0.1) is 0 Å². The lowest BCUT2D eigenvalue weighted by Gasteiger charge is -2.02. The Kier molecular flexibility index (Phi) is 5.67. The summed E-state index contributed by atoms with van der Waals surface area (Å²) >= 11 is 5.66. The van der Waals surface area contributed by atoms with Crippen molar-refractivity contribution in [1.82, 2.24) is 5.32 Å². The van der Waals surface area contributed by atoms with Gasteiger partial charge < -0.3 is 5.32 Å². The first-order chi connectivity index (χ1) is 6.22. The number of urea groups is 1. The fourth-order valence-electron chi connectivity index (χ4n) is 0.787. The van der Waals surface area contributed by atoms with E-state index in [0.717, 1.165) is 0 Å². The van der Waals surface area contributed by atoms with Crippen LogP contribution in [0.5, 0.6) is 0 Å². The van der Waals surface area contributed by atoms with Gasteiger partial charge in [-0.3, -0.25) is 10.1 Å². The van der Waals surface area contributed by atoms with Crippen molar-refractivity contribution in [2.75, 3.05) is 5.32 Å². The number of benzene rings is 1. The molecule has 1 rings (SSSR count). The molecule has 0 spiro atoms. The summed E-state index contributed by atoms with van der Waals surface area (Å²) < 4.78 is 0. The minimum Gasteiger partial charge on any atom is -0.308 e. The van der Waals surface area contributed by atoms with Crippen LogP contribution in [-0.2, 0) is 4.79 Å². The molecule has 3 amide bonds. The lowest BCUT2D eigenvalue weighted by atomic mass is 10.3. The standard InChI is InChI=1S/C8H7ClN2O2.ClH/c9-6-2-1-3-7(4-6)11-8(13)10-5-12;/h1-5H,(H2,10,11,12,13);1H. The number of carbonyl (C=O) groups excluding carboxylic acids is 2. The second kappa shape index (κ2) is 6.23. The molecule has 0 atom stereocenters. The Morgan fingerprint density at radius 3 is 2.71 bits per heavy atom. The fraction of sp³-hybridized carbons (Fsp3) is 0. The molecule has 1 aromatic rings. The van der Waals surface area contributed by atoms with Gasteiger partial charge in [-0.15, -0.1) is 12.4 Å². The smallest absolute Gasteiger partial charge is 0.308 e. The quantitative estimate of drug-likeness (QED) is 0.770. The molecule has 2 N–H and O–H groups in total. The third kappa shape index (κ3) is 4.11. The summed E-state index contributed by atoms with van der Waals surface area (Å²) in [5.41, 5.74) is 0.534. The fourth-order valence-corrected chi connectivity index (χ4v) is 0.977. The van der Waals surface area contributed by atoms with Crippen LogP contribution in [0.2, 0.25) is 5.02 Å². The van der Waals surface area contributed by atoms with E-state index in [1.165, 1.54) is 0 Å². The molecule has 0 radical (unpaired) electrons. The first-order valence-corrected chi connectivity index (χ1v) is 3.87. The molecule has 0 unspecified atom stereocenters. The molecular formula is C8H8Cl2N2O2. The van der Waals surface area contributed by atoms with Crippen molar-refractivity contribution < 1.29 is 9.59 Å². The lowest BCUT2D eigenvalue weighted by molar-refractivity contribution is -0.108. The van der Waals surface area contributed by atoms with Gasteiger partial charge in [-0.1, -0.05) is 17.7 Å². The Labute approximate surface area is 92.0 Å². The highest BCUT2D eigenvalue weighted by molar-refractivity contribution is 6.30. The lowest BCUT2D eigenvalue weighted by Crippen LogP contribution is -2.26. The highest BCUT2D eigenvalue weighted by Crippen LogP contribution is 2.14. The minimum absolute atomic E-state index is 0. The van der Waals surface area contributed by atoms with E-state index in [1.54, 1.807) is 24.3 Å². The maximum Gasteiger partial charge on any atom is 0.325 e. The summed E-state index contributed by atoms with van der Waals surface area (Å²) in [6.45, 7) is 0. The number of anilines is 1. The Balaban J connectivity index is 0.00000169. The van der Waals surface area contributed by atoms with Crippen molar-refractivity contribution >= 4 is 42.1 Å². The van der Waals surface area contributed by atoms with Crippen LogP contribution in [0.1, 0.15) is 0 Å². The number of rotatable bonds is 2. The molecule has 0 saturated heterocycles. The van der Waals surface area contributed by atoms with Crippen LogP contribution in [0.4, 0.5) is 10.5 Å². The Morgan fingerprint density at radius 1 is 1.43 bits per heavy atom. The van der Waals surface area contributed by atoms with Gasteiger partial charge in [-0.2, -0.15) is 0 Å². The molecule has 0 bridgehead atoms. The van der Waals surface area contributed by atoms with E-state index in [2.05, 4.69) is 5.32 Å². The van der Waals surface area contributed by atoms with Gasteiger partial charge in [0, 0.05) is 10.7 Å². The SMILES string of the molecule is Cl.O=CNC(=O)Nc1cccc(Cl)c1. The maximum atomic E-state index is 10.8.